The zero-order valence-electron chi connectivity index (χ0n) is 6.67. The summed E-state index contributed by atoms with van der Waals surface area (Å²) in [6, 6.07) is 0. The molecule has 0 fully saturated rings. The van der Waals surface area contributed by atoms with Crippen LogP contribution in [0.25, 0.3) is 0 Å². The van der Waals surface area contributed by atoms with Gasteiger partial charge in [-0.3, -0.25) is 9.59 Å². The third kappa shape index (κ3) is 2.94. The highest BCUT2D eigenvalue weighted by molar-refractivity contribution is 5.93. The van der Waals surface area contributed by atoms with E-state index in [-0.39, 0.29) is 24.4 Å². The Morgan fingerprint density at radius 3 is 2.38 bits per heavy atom. The van der Waals surface area contributed by atoms with Crippen LogP contribution < -0.4 is 0 Å². The fourth-order valence-electron chi connectivity index (χ4n) is 0.715. The number of carboxylic acid groups (broad SMARTS) is 1. The summed E-state index contributed by atoms with van der Waals surface area (Å²) in [6.07, 6.45) is 2.10. The maximum Gasteiger partial charge on any atom is 0.303 e. The van der Waals surface area contributed by atoms with E-state index in [1.54, 1.807) is 0 Å². The van der Waals surface area contributed by atoms with Crippen LogP contribution in [0.15, 0.2) is 12.7 Å². The molecule has 0 aliphatic heterocycles. The zero-order valence-corrected chi connectivity index (χ0v) is 6.67. The molecule has 6 heteroatoms. The van der Waals surface area contributed by atoms with Crippen molar-refractivity contribution < 1.29 is 14.7 Å². The molecule has 0 aromatic carbocycles. The van der Waals surface area contributed by atoms with Crippen LogP contribution in [0.1, 0.15) is 23.5 Å². The average Bonchev–Trinajstić information content (AvgIpc) is 2.15. The highest BCUT2D eigenvalue weighted by atomic mass is 16.4. The van der Waals surface area contributed by atoms with E-state index in [1.807, 2.05) is 0 Å². The molecule has 1 aromatic rings. The van der Waals surface area contributed by atoms with Crippen LogP contribution in [0.4, 0.5) is 0 Å². The lowest BCUT2D eigenvalue weighted by Crippen LogP contribution is -2.07. The Bertz CT molecular complexity index is 312. The van der Waals surface area contributed by atoms with Gasteiger partial charge in [-0.1, -0.05) is 0 Å². The van der Waals surface area contributed by atoms with Crippen molar-refractivity contribution in [2.24, 2.45) is 0 Å². The van der Waals surface area contributed by atoms with Crippen molar-refractivity contribution in [1.29, 1.82) is 0 Å². The molecule has 1 heterocycles. The number of ketones is 1. The van der Waals surface area contributed by atoms with E-state index in [1.165, 1.54) is 12.7 Å². The number of carbonyl (C=O) groups excluding carboxylic acids is 1. The molecular formula is C7H7N3O3. The van der Waals surface area contributed by atoms with Gasteiger partial charge >= 0.3 is 5.97 Å². The van der Waals surface area contributed by atoms with Crippen molar-refractivity contribution in [2.75, 3.05) is 0 Å². The number of aromatic nitrogens is 3. The summed E-state index contributed by atoms with van der Waals surface area (Å²) in [7, 11) is 0. The summed E-state index contributed by atoms with van der Waals surface area (Å²) < 4.78 is 0. The summed E-state index contributed by atoms with van der Waals surface area (Å²) in [5, 5.41) is 8.30. The summed E-state index contributed by atoms with van der Waals surface area (Å²) >= 11 is 0. The molecule has 0 spiro atoms. The van der Waals surface area contributed by atoms with Gasteiger partial charge in [-0.15, -0.1) is 0 Å². The Kier molecular flexibility index (Phi) is 3.02. The summed E-state index contributed by atoms with van der Waals surface area (Å²) in [5.41, 5.74) is 0. The van der Waals surface area contributed by atoms with E-state index >= 15 is 0 Å². The molecule has 1 aromatic heterocycles. The molecule has 0 radical (unpaired) electrons. The second kappa shape index (κ2) is 4.24. The van der Waals surface area contributed by atoms with Crippen LogP contribution in [0.3, 0.4) is 0 Å². The van der Waals surface area contributed by atoms with Crippen LogP contribution in [-0.2, 0) is 4.79 Å². The summed E-state index contributed by atoms with van der Waals surface area (Å²) in [5.74, 6) is -1.39. The number of carboxylic acids is 1. The Labute approximate surface area is 73.7 Å². The van der Waals surface area contributed by atoms with Crippen molar-refractivity contribution in [3.05, 3.63) is 18.5 Å². The Balaban J connectivity index is 2.54. The van der Waals surface area contributed by atoms with Crippen molar-refractivity contribution in [3.8, 4) is 0 Å². The van der Waals surface area contributed by atoms with Gasteiger partial charge in [0.1, 0.15) is 12.7 Å². The van der Waals surface area contributed by atoms with Gasteiger partial charge in [0.25, 0.3) is 0 Å². The third-order valence-corrected chi connectivity index (χ3v) is 1.31. The van der Waals surface area contributed by atoms with Crippen LogP contribution in [0, 0.1) is 0 Å². The SMILES string of the molecule is O=C(O)CCC(=O)c1ncncn1. The fraction of sp³-hybridized carbons (Fsp3) is 0.286. The minimum absolute atomic E-state index is 0.0104. The van der Waals surface area contributed by atoms with E-state index in [9.17, 15) is 9.59 Å². The third-order valence-electron chi connectivity index (χ3n) is 1.31. The lowest BCUT2D eigenvalue weighted by molar-refractivity contribution is -0.136. The fourth-order valence-corrected chi connectivity index (χ4v) is 0.715. The van der Waals surface area contributed by atoms with Crippen LogP contribution in [0.2, 0.25) is 0 Å². The quantitative estimate of drug-likeness (QED) is 0.653. The van der Waals surface area contributed by atoms with E-state index in [0.29, 0.717) is 0 Å². The molecule has 6 nitrogen and oxygen atoms in total. The minimum atomic E-state index is -1.01. The minimum Gasteiger partial charge on any atom is -0.481 e. The van der Waals surface area contributed by atoms with Gasteiger partial charge in [-0.25, -0.2) is 15.0 Å². The average molecular weight is 181 g/mol. The van der Waals surface area contributed by atoms with E-state index < -0.39 is 5.97 Å². The standard InChI is InChI=1S/C7H7N3O3/c11-5(1-2-6(12)13)7-9-3-8-4-10-7/h3-4H,1-2H2,(H,12,13). The van der Waals surface area contributed by atoms with Gasteiger partial charge in [0.15, 0.2) is 5.82 Å². The highest BCUT2D eigenvalue weighted by Gasteiger charge is 2.10. The second-order valence-electron chi connectivity index (χ2n) is 2.28. The molecule has 0 bridgehead atoms. The molecule has 0 amide bonds. The van der Waals surface area contributed by atoms with Gasteiger partial charge in [0.05, 0.1) is 6.42 Å². The first-order valence-electron chi connectivity index (χ1n) is 3.57. The van der Waals surface area contributed by atoms with Crippen molar-refractivity contribution in [3.63, 3.8) is 0 Å². The predicted molar refractivity (Wildman–Crippen MR) is 41.0 cm³/mol. The largest absolute Gasteiger partial charge is 0.481 e. The number of aliphatic carboxylic acids is 1. The smallest absolute Gasteiger partial charge is 0.303 e. The predicted octanol–water partition coefficient (Wildman–Crippen LogP) is -0.0809. The molecule has 0 saturated carbocycles. The number of rotatable bonds is 4. The van der Waals surface area contributed by atoms with Crippen molar-refractivity contribution in [2.45, 2.75) is 12.8 Å². The highest BCUT2D eigenvalue weighted by Crippen LogP contribution is 1.97. The molecule has 0 aliphatic rings. The van der Waals surface area contributed by atoms with Crippen molar-refractivity contribution >= 4 is 11.8 Å². The maximum atomic E-state index is 11.1. The molecular weight excluding hydrogens is 174 g/mol. The monoisotopic (exact) mass is 181 g/mol. The lowest BCUT2D eigenvalue weighted by Gasteiger charge is -1.94. The van der Waals surface area contributed by atoms with Crippen LogP contribution in [-0.4, -0.2) is 31.8 Å². The normalized spacial score (nSPS) is 9.54. The zero-order chi connectivity index (χ0) is 9.68. The first-order valence-corrected chi connectivity index (χ1v) is 3.57. The summed E-state index contributed by atoms with van der Waals surface area (Å²) in [6.45, 7) is 0. The lowest BCUT2D eigenvalue weighted by atomic mass is 10.2. The molecule has 68 valence electrons. The van der Waals surface area contributed by atoms with Crippen LogP contribution in [0.5, 0.6) is 0 Å². The maximum absolute atomic E-state index is 11.1. The molecule has 1 rings (SSSR count). The van der Waals surface area contributed by atoms with Gasteiger partial charge in [-0.2, -0.15) is 0 Å². The first kappa shape index (κ1) is 9.24. The Morgan fingerprint density at radius 1 is 1.23 bits per heavy atom. The van der Waals surface area contributed by atoms with Crippen LogP contribution >= 0.6 is 0 Å². The van der Waals surface area contributed by atoms with E-state index in [0.717, 1.165) is 0 Å². The van der Waals surface area contributed by atoms with Gasteiger partial charge in [-0.05, 0) is 0 Å². The summed E-state index contributed by atoms with van der Waals surface area (Å²) in [4.78, 5) is 32.0. The van der Waals surface area contributed by atoms with Crippen molar-refractivity contribution in [1.82, 2.24) is 15.0 Å². The molecule has 0 aliphatic carbocycles. The number of hydrogen-bond acceptors (Lipinski definition) is 5. The van der Waals surface area contributed by atoms with Gasteiger partial charge in [0, 0.05) is 6.42 Å². The Morgan fingerprint density at radius 2 is 1.85 bits per heavy atom. The molecule has 0 unspecified atom stereocenters. The number of nitrogens with zero attached hydrogens (tertiary/aromatic N) is 3. The second-order valence-corrected chi connectivity index (χ2v) is 2.28. The first-order chi connectivity index (χ1) is 6.20. The van der Waals surface area contributed by atoms with Gasteiger partial charge in [0.2, 0.25) is 5.78 Å². The van der Waals surface area contributed by atoms with E-state index in [2.05, 4.69) is 15.0 Å². The number of carbonyl (C=O) groups is 2. The Hall–Kier alpha value is -1.85. The molecule has 0 saturated heterocycles. The topological polar surface area (TPSA) is 93.0 Å². The number of Topliss-reactive ketones (excluding diaryl/α,β-unsaturated/α-hetero) is 1. The molecule has 1 N–H and O–H groups in total. The molecule has 13 heavy (non-hydrogen) atoms. The number of hydrogen-bond donors (Lipinski definition) is 1. The molecule has 0 atom stereocenters. The van der Waals surface area contributed by atoms with Gasteiger partial charge < -0.3 is 5.11 Å². The van der Waals surface area contributed by atoms with E-state index in [4.69, 9.17) is 5.11 Å².